The number of aliphatic imine (C=N–C) groups is 1. The van der Waals surface area contributed by atoms with Gasteiger partial charge in [0.1, 0.15) is 16.8 Å². The maximum absolute atomic E-state index is 13.1. The van der Waals surface area contributed by atoms with E-state index in [0.717, 1.165) is 0 Å². The third-order valence-electron chi connectivity index (χ3n) is 3.35. The van der Waals surface area contributed by atoms with Crippen molar-refractivity contribution in [2.75, 3.05) is 0 Å². The Kier molecular flexibility index (Phi) is 8.38. The van der Waals surface area contributed by atoms with Crippen LogP contribution < -0.4 is 0 Å². The van der Waals surface area contributed by atoms with E-state index in [-0.39, 0.29) is 11.1 Å². The molecule has 3 amide bonds. The van der Waals surface area contributed by atoms with Gasteiger partial charge in [-0.25, -0.2) is 19.2 Å². The van der Waals surface area contributed by atoms with Gasteiger partial charge in [0.05, 0.1) is 5.56 Å². The number of hydrogen-bond acceptors (Lipinski definition) is 7. The molecule has 1 aromatic carbocycles. The zero-order valence-electron chi connectivity index (χ0n) is 20.5. The van der Waals surface area contributed by atoms with Crippen molar-refractivity contribution in [2.24, 2.45) is 4.99 Å². The van der Waals surface area contributed by atoms with E-state index in [1.54, 1.807) is 62.3 Å². The van der Waals surface area contributed by atoms with Crippen molar-refractivity contribution < 1.29 is 38.5 Å². The van der Waals surface area contributed by atoms with Gasteiger partial charge in [-0.2, -0.15) is 9.89 Å². The first-order valence-corrected chi connectivity index (χ1v) is 10.2. The van der Waals surface area contributed by atoms with E-state index < -0.39 is 46.9 Å². The molecule has 0 fully saturated rings. The van der Waals surface area contributed by atoms with Gasteiger partial charge in [0.15, 0.2) is 5.84 Å². The number of carbonyl (C=O) groups excluding carboxylic acids is 3. The molecule has 0 bridgehead atoms. The predicted molar refractivity (Wildman–Crippen MR) is 120 cm³/mol. The third kappa shape index (κ3) is 9.30. The van der Waals surface area contributed by atoms with Gasteiger partial charge in [-0.1, -0.05) is 18.2 Å². The molecule has 0 saturated carbocycles. The first-order valence-electron chi connectivity index (χ1n) is 10.2. The van der Waals surface area contributed by atoms with Crippen molar-refractivity contribution >= 4 is 30.1 Å². The Morgan fingerprint density at radius 3 is 1.48 bits per heavy atom. The lowest BCUT2D eigenvalue weighted by Crippen LogP contribution is -2.48. The lowest BCUT2D eigenvalue weighted by Gasteiger charge is -2.29. The summed E-state index contributed by atoms with van der Waals surface area (Å²) in [5.41, 5.74) is -3.49. The van der Waals surface area contributed by atoms with Gasteiger partial charge in [0.2, 0.25) is 0 Å². The number of rotatable bonds is 2. The average molecular weight is 465 g/mol. The standard InChI is InChI=1S/C23H32N2O8/c1-21(2,3)31-18(28)24-16(14-12-10-11-13-15(14)17(26)27)25(19(29)32-22(4,5)6)20(30)33-23(7,8)9/h10-13H,1-9H3,(H,26,27)/b24-16+. The number of carboxylic acid groups (broad SMARTS) is 1. The fourth-order valence-electron chi connectivity index (χ4n) is 2.33. The molecule has 0 saturated heterocycles. The van der Waals surface area contributed by atoms with Crippen LogP contribution >= 0.6 is 0 Å². The molecule has 0 aromatic heterocycles. The number of carboxylic acids is 1. The second-order valence-electron chi connectivity index (χ2n) is 10.1. The first kappa shape index (κ1) is 27.6. The maximum Gasteiger partial charge on any atom is 0.436 e. The van der Waals surface area contributed by atoms with E-state index in [1.165, 1.54) is 24.3 Å². The van der Waals surface area contributed by atoms with Gasteiger partial charge in [-0.15, -0.1) is 0 Å². The fraction of sp³-hybridized carbons (Fsp3) is 0.522. The van der Waals surface area contributed by atoms with Crippen molar-refractivity contribution in [3.8, 4) is 0 Å². The Balaban J connectivity index is 3.82. The summed E-state index contributed by atoms with van der Waals surface area (Å²) in [5.74, 6) is -1.97. The summed E-state index contributed by atoms with van der Waals surface area (Å²) in [6.45, 7) is 14.3. The van der Waals surface area contributed by atoms with Crippen LogP contribution in [0.4, 0.5) is 14.4 Å². The van der Waals surface area contributed by atoms with E-state index in [0.29, 0.717) is 4.90 Å². The molecule has 1 aromatic rings. The Morgan fingerprint density at radius 1 is 0.727 bits per heavy atom. The molecular weight excluding hydrogens is 432 g/mol. The van der Waals surface area contributed by atoms with Crippen molar-refractivity contribution in [1.82, 2.24) is 4.90 Å². The largest absolute Gasteiger partial charge is 0.478 e. The number of nitrogens with zero attached hydrogens (tertiary/aromatic N) is 2. The monoisotopic (exact) mass is 464 g/mol. The molecule has 0 heterocycles. The number of hydrogen-bond donors (Lipinski definition) is 1. The van der Waals surface area contributed by atoms with Crippen LogP contribution in [0.15, 0.2) is 29.3 Å². The molecule has 1 rings (SSSR count). The number of amides is 3. The van der Waals surface area contributed by atoms with Crippen LogP contribution in [-0.4, -0.2) is 56.9 Å². The molecule has 0 aliphatic carbocycles. The van der Waals surface area contributed by atoms with Gasteiger partial charge < -0.3 is 19.3 Å². The van der Waals surface area contributed by atoms with Gasteiger partial charge in [0, 0.05) is 5.56 Å². The van der Waals surface area contributed by atoms with Gasteiger partial charge >= 0.3 is 24.2 Å². The molecule has 0 atom stereocenters. The number of imide groups is 1. The summed E-state index contributed by atoms with van der Waals surface area (Å²) >= 11 is 0. The quantitative estimate of drug-likeness (QED) is 0.357. The second kappa shape index (κ2) is 10.0. The van der Waals surface area contributed by atoms with Crippen molar-refractivity contribution in [1.29, 1.82) is 0 Å². The van der Waals surface area contributed by atoms with E-state index in [9.17, 15) is 24.3 Å². The smallest absolute Gasteiger partial charge is 0.436 e. The number of aromatic carboxylic acids is 1. The maximum atomic E-state index is 13.1. The highest BCUT2D eigenvalue weighted by molar-refractivity contribution is 6.20. The van der Waals surface area contributed by atoms with Crippen LogP contribution in [0.1, 0.15) is 78.2 Å². The minimum Gasteiger partial charge on any atom is -0.478 e. The Hall–Kier alpha value is -3.43. The Morgan fingerprint density at radius 2 is 1.12 bits per heavy atom. The van der Waals surface area contributed by atoms with E-state index in [2.05, 4.69) is 4.99 Å². The molecule has 0 radical (unpaired) electrons. The molecule has 0 aliphatic rings. The van der Waals surface area contributed by atoms with E-state index in [1.807, 2.05) is 0 Å². The summed E-state index contributed by atoms with van der Waals surface area (Å²) in [5, 5.41) is 9.64. The second-order valence-corrected chi connectivity index (χ2v) is 10.1. The Bertz CT molecular complexity index is 918. The van der Waals surface area contributed by atoms with Gasteiger partial charge in [-0.3, -0.25) is 0 Å². The van der Waals surface area contributed by atoms with Crippen LogP contribution in [0.5, 0.6) is 0 Å². The lowest BCUT2D eigenvalue weighted by atomic mass is 10.1. The molecule has 0 spiro atoms. The number of amidine groups is 1. The van der Waals surface area contributed by atoms with E-state index in [4.69, 9.17) is 14.2 Å². The predicted octanol–water partition coefficient (Wildman–Crippen LogP) is 5.24. The number of ether oxygens (including phenoxy) is 3. The highest BCUT2D eigenvalue weighted by Gasteiger charge is 2.37. The van der Waals surface area contributed by atoms with Crippen molar-refractivity contribution in [3.05, 3.63) is 35.4 Å². The fourth-order valence-corrected chi connectivity index (χ4v) is 2.33. The van der Waals surface area contributed by atoms with Crippen LogP contribution in [0.3, 0.4) is 0 Å². The Labute approximate surface area is 193 Å². The molecular formula is C23H32N2O8. The number of benzene rings is 1. The molecule has 33 heavy (non-hydrogen) atoms. The average Bonchev–Trinajstić information content (AvgIpc) is 2.56. The third-order valence-corrected chi connectivity index (χ3v) is 3.35. The summed E-state index contributed by atoms with van der Waals surface area (Å²) < 4.78 is 15.8. The first-order chi connectivity index (χ1) is 14.8. The van der Waals surface area contributed by atoms with Gasteiger partial charge in [-0.05, 0) is 68.4 Å². The molecule has 1 N–H and O–H groups in total. The molecule has 10 nitrogen and oxygen atoms in total. The minimum atomic E-state index is -1.36. The number of carbonyl (C=O) groups is 4. The van der Waals surface area contributed by atoms with E-state index >= 15 is 0 Å². The minimum absolute atomic E-state index is 0.187. The molecule has 0 unspecified atom stereocenters. The molecule has 0 aliphatic heterocycles. The normalized spacial score (nSPS) is 12.6. The van der Waals surface area contributed by atoms with Crippen LogP contribution in [-0.2, 0) is 14.2 Å². The SMILES string of the molecule is CC(C)(C)OC(=O)/N=C(\c1ccccc1C(=O)O)N(C(=O)OC(C)(C)C)C(=O)OC(C)(C)C. The zero-order valence-corrected chi connectivity index (χ0v) is 20.5. The zero-order chi connectivity index (χ0) is 25.8. The van der Waals surface area contributed by atoms with Crippen molar-refractivity contribution in [2.45, 2.75) is 79.1 Å². The molecule has 182 valence electrons. The topological polar surface area (TPSA) is 132 Å². The van der Waals surface area contributed by atoms with Crippen LogP contribution in [0.2, 0.25) is 0 Å². The van der Waals surface area contributed by atoms with Crippen LogP contribution in [0, 0.1) is 0 Å². The van der Waals surface area contributed by atoms with Crippen molar-refractivity contribution in [3.63, 3.8) is 0 Å². The summed E-state index contributed by atoms with van der Waals surface area (Å²) in [4.78, 5) is 54.7. The summed E-state index contributed by atoms with van der Waals surface area (Å²) in [6.07, 6.45) is -3.56. The molecule has 10 heteroatoms. The summed E-state index contributed by atoms with van der Waals surface area (Å²) in [6, 6.07) is 5.46. The highest BCUT2D eigenvalue weighted by atomic mass is 16.6. The van der Waals surface area contributed by atoms with Crippen LogP contribution in [0.25, 0.3) is 0 Å². The summed E-state index contributed by atoms with van der Waals surface area (Å²) in [7, 11) is 0. The van der Waals surface area contributed by atoms with Gasteiger partial charge in [0.25, 0.3) is 0 Å². The lowest BCUT2D eigenvalue weighted by molar-refractivity contribution is 0.0147. The highest BCUT2D eigenvalue weighted by Crippen LogP contribution is 2.21.